The van der Waals surface area contributed by atoms with Gasteiger partial charge in [-0.2, -0.15) is 0 Å². The van der Waals surface area contributed by atoms with Gasteiger partial charge in [0.25, 0.3) is 0 Å². The highest BCUT2D eigenvalue weighted by Crippen LogP contribution is 2.52. The summed E-state index contributed by atoms with van der Waals surface area (Å²) >= 11 is 0. The van der Waals surface area contributed by atoms with Gasteiger partial charge < -0.3 is 19.9 Å². The molecule has 3 N–H and O–H groups in total. The molecule has 0 saturated heterocycles. The first kappa shape index (κ1) is 16.1. The molecule has 3 aliphatic heterocycles. The van der Waals surface area contributed by atoms with E-state index in [2.05, 4.69) is 17.1 Å². The molecular weight excluding hydrogens is 348 g/mol. The third-order valence-corrected chi connectivity index (χ3v) is 5.94. The van der Waals surface area contributed by atoms with E-state index in [0.29, 0.717) is 12.0 Å². The number of hydrogen-bond acceptors (Lipinski definition) is 4. The van der Waals surface area contributed by atoms with Crippen LogP contribution in [0.2, 0.25) is 0 Å². The van der Waals surface area contributed by atoms with Crippen molar-refractivity contribution in [3.05, 3.63) is 64.7 Å². The maximum Gasteiger partial charge on any atom is 0.340 e. The lowest BCUT2D eigenvalue weighted by molar-refractivity contribution is -0.191. The van der Waals surface area contributed by atoms with Crippen molar-refractivity contribution in [3.63, 3.8) is 0 Å². The molecule has 1 spiro atoms. The second-order valence-corrected chi connectivity index (χ2v) is 7.14. The van der Waals surface area contributed by atoms with E-state index in [1.807, 2.05) is 6.08 Å². The van der Waals surface area contributed by atoms with E-state index in [0.717, 1.165) is 35.4 Å². The van der Waals surface area contributed by atoms with E-state index in [9.17, 15) is 19.8 Å². The Morgan fingerprint density at radius 1 is 1.19 bits per heavy atom. The smallest absolute Gasteiger partial charge is 0.340 e. The number of carboxylic acid groups (broad SMARTS) is 2. The predicted octanol–water partition coefficient (Wildman–Crippen LogP) is 1.93. The number of fused-ring (bicyclic) bond motifs is 3. The van der Waals surface area contributed by atoms with E-state index in [-0.39, 0.29) is 6.54 Å². The lowest BCUT2D eigenvalue weighted by atomic mass is 9.77. The first-order valence-corrected chi connectivity index (χ1v) is 8.91. The number of H-pyrrole nitrogens is 1. The maximum absolute atomic E-state index is 12.2. The summed E-state index contributed by atoms with van der Waals surface area (Å²) < 4.78 is 6.08. The number of carbonyl (C=O) groups is 2. The lowest BCUT2D eigenvalue weighted by Gasteiger charge is -2.53. The number of nitrogens with one attached hydrogen (secondary N) is 1. The number of aryl methyl sites for hydroxylation is 1. The number of aliphatic carboxylic acids is 2. The van der Waals surface area contributed by atoms with Crippen molar-refractivity contribution in [2.24, 2.45) is 0 Å². The summed E-state index contributed by atoms with van der Waals surface area (Å²) in [6, 6.07) is 0. The van der Waals surface area contributed by atoms with Crippen molar-refractivity contribution in [1.29, 1.82) is 0 Å². The molecule has 0 fully saturated rings. The Morgan fingerprint density at radius 2 is 2.00 bits per heavy atom. The van der Waals surface area contributed by atoms with Gasteiger partial charge in [0.1, 0.15) is 0 Å². The minimum Gasteiger partial charge on any atom is -0.479 e. The van der Waals surface area contributed by atoms with Crippen LogP contribution in [-0.2, 0) is 32.9 Å². The van der Waals surface area contributed by atoms with Gasteiger partial charge >= 0.3 is 11.9 Å². The molecule has 5 rings (SSSR count). The van der Waals surface area contributed by atoms with Crippen molar-refractivity contribution >= 4 is 18.0 Å². The van der Waals surface area contributed by atoms with E-state index in [4.69, 9.17) is 4.74 Å². The second kappa shape index (κ2) is 5.23. The van der Waals surface area contributed by atoms with E-state index >= 15 is 0 Å². The highest BCUT2D eigenvalue weighted by Gasteiger charge is 2.64. The van der Waals surface area contributed by atoms with E-state index in [1.165, 1.54) is 17.2 Å². The molecule has 1 aliphatic carbocycles. The number of hydrogen-bond donors (Lipinski definition) is 3. The monoisotopic (exact) mass is 366 g/mol. The standard InChI is InChI=1S/C20H18N2O5/c23-17(24)19(18(25)26)9-7-12-4-3-11-27-20(12)16-14(8-10-22(19)20)13-5-1-2-6-15(13)21-16/h1,3-5,7,9,11,21H,2,6,8,10H2,(H,23,24)(H,25,26). The lowest BCUT2D eigenvalue weighted by Crippen LogP contribution is -2.70. The molecule has 0 radical (unpaired) electrons. The third-order valence-electron chi connectivity index (χ3n) is 5.94. The van der Waals surface area contributed by atoms with Crippen LogP contribution >= 0.6 is 0 Å². The Kier molecular flexibility index (Phi) is 3.13. The first-order chi connectivity index (χ1) is 13.0. The van der Waals surface area contributed by atoms with Gasteiger partial charge in [0.15, 0.2) is 0 Å². The number of allylic oxidation sites excluding steroid dienone is 3. The minimum absolute atomic E-state index is 0.249. The molecule has 7 heteroatoms. The molecule has 0 aromatic carbocycles. The maximum atomic E-state index is 12.2. The SMILES string of the molecule is O=C(O)C1(C(=O)O)C=CC2=CC=COC23c2[nH]c4c(c2CCN13)C=CCC4. The minimum atomic E-state index is -2.19. The number of rotatable bonds is 2. The fourth-order valence-corrected chi connectivity index (χ4v) is 4.75. The average Bonchev–Trinajstić information content (AvgIpc) is 3.05. The van der Waals surface area contributed by atoms with Crippen molar-refractivity contribution in [3.8, 4) is 0 Å². The zero-order valence-corrected chi connectivity index (χ0v) is 14.4. The van der Waals surface area contributed by atoms with Crippen LogP contribution in [0.3, 0.4) is 0 Å². The fraction of sp³-hybridized carbons (Fsp3) is 0.300. The Hall–Kier alpha value is -3.06. The molecular formula is C20H18N2O5. The van der Waals surface area contributed by atoms with Gasteiger partial charge in [0, 0.05) is 17.8 Å². The number of ether oxygens (including phenoxy) is 1. The molecule has 0 saturated carbocycles. The fourth-order valence-electron chi connectivity index (χ4n) is 4.75. The molecule has 4 aliphatic rings. The molecule has 1 aromatic rings. The number of aromatic nitrogens is 1. The van der Waals surface area contributed by atoms with Crippen molar-refractivity contribution in [2.45, 2.75) is 30.5 Å². The summed E-state index contributed by atoms with van der Waals surface area (Å²) in [5.74, 6) is -2.86. The number of nitrogens with zero attached hydrogens (tertiary/aromatic N) is 1. The Balaban J connectivity index is 1.81. The van der Waals surface area contributed by atoms with E-state index in [1.54, 1.807) is 12.2 Å². The van der Waals surface area contributed by atoms with Crippen LogP contribution in [0.15, 0.2) is 42.2 Å². The summed E-state index contributed by atoms with van der Waals surface area (Å²) in [6.07, 6.45) is 14.4. The largest absolute Gasteiger partial charge is 0.479 e. The van der Waals surface area contributed by atoms with Gasteiger partial charge in [0.05, 0.1) is 12.0 Å². The molecule has 138 valence electrons. The normalized spacial score (nSPS) is 26.9. The number of carboxylic acids is 2. The summed E-state index contributed by atoms with van der Waals surface area (Å²) in [7, 11) is 0. The quantitative estimate of drug-likeness (QED) is 0.691. The molecule has 0 amide bonds. The van der Waals surface area contributed by atoms with Gasteiger partial charge in [-0.25, -0.2) is 14.5 Å². The van der Waals surface area contributed by atoms with Crippen LogP contribution in [0.25, 0.3) is 6.08 Å². The van der Waals surface area contributed by atoms with Crippen LogP contribution in [-0.4, -0.2) is 44.1 Å². The zero-order chi connectivity index (χ0) is 18.8. The molecule has 0 bridgehead atoms. The van der Waals surface area contributed by atoms with Gasteiger partial charge in [-0.3, -0.25) is 0 Å². The van der Waals surface area contributed by atoms with Gasteiger partial charge in [0.2, 0.25) is 11.3 Å². The van der Waals surface area contributed by atoms with Crippen molar-refractivity contribution in [2.75, 3.05) is 6.54 Å². The molecule has 1 aromatic heterocycles. The Labute approximate surface area is 154 Å². The Morgan fingerprint density at radius 3 is 2.78 bits per heavy atom. The summed E-state index contributed by atoms with van der Waals surface area (Å²) in [6.45, 7) is 0.249. The molecule has 1 unspecified atom stereocenters. The first-order valence-electron chi connectivity index (χ1n) is 8.91. The summed E-state index contributed by atoms with van der Waals surface area (Å²) in [5, 5.41) is 19.8. The third kappa shape index (κ3) is 1.79. The average molecular weight is 366 g/mol. The van der Waals surface area contributed by atoms with E-state index < -0.39 is 23.2 Å². The Bertz CT molecular complexity index is 982. The molecule has 1 atom stereocenters. The van der Waals surface area contributed by atoms with Crippen LogP contribution in [0.4, 0.5) is 0 Å². The van der Waals surface area contributed by atoms with Gasteiger partial charge in [-0.05, 0) is 42.5 Å². The highest BCUT2D eigenvalue weighted by molar-refractivity contribution is 6.06. The van der Waals surface area contributed by atoms with Crippen LogP contribution in [0.1, 0.15) is 28.9 Å². The zero-order valence-electron chi connectivity index (χ0n) is 14.4. The second-order valence-electron chi connectivity index (χ2n) is 7.14. The topological polar surface area (TPSA) is 103 Å². The van der Waals surface area contributed by atoms with Crippen LogP contribution in [0.5, 0.6) is 0 Å². The van der Waals surface area contributed by atoms with Gasteiger partial charge in [-0.1, -0.05) is 24.3 Å². The molecule has 27 heavy (non-hydrogen) atoms. The summed E-state index contributed by atoms with van der Waals surface area (Å²) in [5.41, 5.74) is 1.23. The summed E-state index contributed by atoms with van der Waals surface area (Å²) in [4.78, 5) is 29.2. The van der Waals surface area contributed by atoms with Crippen LogP contribution < -0.4 is 0 Å². The molecule has 4 heterocycles. The highest BCUT2D eigenvalue weighted by atomic mass is 16.5. The van der Waals surface area contributed by atoms with Gasteiger partial charge in [-0.15, -0.1) is 0 Å². The molecule has 7 nitrogen and oxygen atoms in total. The van der Waals surface area contributed by atoms with Crippen molar-refractivity contribution in [1.82, 2.24) is 9.88 Å². The van der Waals surface area contributed by atoms with Crippen molar-refractivity contribution < 1.29 is 24.5 Å². The number of aromatic amines is 1. The predicted molar refractivity (Wildman–Crippen MR) is 95.7 cm³/mol. The van der Waals surface area contributed by atoms with Crippen LogP contribution in [0, 0.1) is 0 Å².